The molecule has 0 aliphatic heterocycles. The first-order chi connectivity index (χ1) is 20.8. The minimum Gasteiger partial charge on any atom is -0.489 e. The van der Waals surface area contributed by atoms with Crippen LogP contribution in [-0.2, 0) is 31.9 Å². The van der Waals surface area contributed by atoms with E-state index in [1.165, 1.54) is 35.9 Å². The number of ether oxygens (including phenoxy) is 1. The molecule has 1 heterocycles. The Hall–Kier alpha value is -4.27. The predicted molar refractivity (Wildman–Crippen MR) is 159 cm³/mol. The Morgan fingerprint density at radius 2 is 1.32 bits per heavy atom. The quantitative estimate of drug-likeness (QED) is 0.155. The van der Waals surface area contributed by atoms with Gasteiger partial charge in [0.1, 0.15) is 18.2 Å². The van der Waals surface area contributed by atoms with Gasteiger partial charge in [0.15, 0.2) is 0 Å². The van der Waals surface area contributed by atoms with Gasteiger partial charge in [0.2, 0.25) is 0 Å². The van der Waals surface area contributed by atoms with Crippen molar-refractivity contribution in [3.63, 3.8) is 0 Å². The Morgan fingerprint density at radius 3 is 1.93 bits per heavy atom. The van der Waals surface area contributed by atoms with Crippen LogP contribution >= 0.6 is 0 Å². The predicted octanol–water partition coefficient (Wildman–Crippen LogP) is 10.1. The molecule has 0 N–H and O–H groups in total. The van der Waals surface area contributed by atoms with Crippen LogP contribution in [0, 0.1) is 5.92 Å². The molecule has 1 aromatic heterocycles. The lowest BCUT2D eigenvalue weighted by Crippen LogP contribution is -2.14. The van der Waals surface area contributed by atoms with E-state index in [2.05, 4.69) is 26.0 Å². The summed E-state index contributed by atoms with van der Waals surface area (Å²) < 4.78 is 89.7. The highest BCUT2D eigenvalue weighted by atomic mass is 19.4. The Labute approximate surface area is 252 Å². The van der Waals surface area contributed by atoms with Gasteiger partial charge in [0, 0.05) is 24.1 Å². The van der Waals surface area contributed by atoms with Crippen LogP contribution in [0.2, 0.25) is 0 Å². The lowest BCUT2D eigenvalue weighted by atomic mass is 9.96. The molecule has 0 aliphatic rings. The van der Waals surface area contributed by atoms with Gasteiger partial charge in [0.25, 0.3) is 0 Å². The number of aromatic nitrogens is 2. The van der Waals surface area contributed by atoms with Gasteiger partial charge < -0.3 is 9.30 Å². The average Bonchev–Trinajstić information content (AvgIpc) is 3.32. The van der Waals surface area contributed by atoms with Crippen molar-refractivity contribution < 1.29 is 31.1 Å². The molecule has 4 aromatic carbocycles. The van der Waals surface area contributed by atoms with Crippen molar-refractivity contribution in [1.29, 1.82) is 0 Å². The Balaban J connectivity index is 1.53. The Bertz CT molecular complexity index is 1740. The van der Waals surface area contributed by atoms with Crippen LogP contribution in [0.1, 0.15) is 65.9 Å². The molecule has 0 saturated carbocycles. The maximum atomic E-state index is 13.9. The second-order valence-electron chi connectivity index (χ2n) is 11.4. The number of hydrogen-bond acceptors (Lipinski definition) is 2. The van der Waals surface area contributed by atoms with Crippen molar-refractivity contribution in [2.45, 2.75) is 58.6 Å². The first kappa shape index (κ1) is 31.2. The second kappa shape index (κ2) is 12.4. The summed E-state index contributed by atoms with van der Waals surface area (Å²) in [7, 11) is 0. The van der Waals surface area contributed by atoms with E-state index in [9.17, 15) is 26.3 Å². The molecule has 0 amide bonds. The fourth-order valence-corrected chi connectivity index (χ4v) is 5.47. The highest BCUT2D eigenvalue weighted by Gasteiger charge is 2.34. The molecule has 3 nitrogen and oxygen atoms in total. The maximum absolute atomic E-state index is 13.9. The molecule has 0 fully saturated rings. The van der Waals surface area contributed by atoms with Gasteiger partial charge in [-0.2, -0.15) is 26.3 Å². The lowest BCUT2D eigenvalue weighted by molar-refractivity contribution is -0.139. The summed E-state index contributed by atoms with van der Waals surface area (Å²) in [6, 6.07) is 23.7. The maximum Gasteiger partial charge on any atom is 0.416 e. The van der Waals surface area contributed by atoms with Crippen LogP contribution in [0.3, 0.4) is 0 Å². The van der Waals surface area contributed by atoms with E-state index in [0.29, 0.717) is 28.5 Å². The summed E-state index contributed by atoms with van der Waals surface area (Å²) >= 11 is 0. The highest BCUT2D eigenvalue weighted by Crippen LogP contribution is 2.36. The smallest absolute Gasteiger partial charge is 0.416 e. The van der Waals surface area contributed by atoms with Gasteiger partial charge in [0.05, 0.1) is 22.2 Å². The number of alkyl halides is 6. The van der Waals surface area contributed by atoms with Gasteiger partial charge in [-0.05, 0) is 53.3 Å². The molecule has 230 valence electrons. The summed E-state index contributed by atoms with van der Waals surface area (Å²) in [4.78, 5) is 4.84. The Kier molecular flexibility index (Phi) is 8.77. The summed E-state index contributed by atoms with van der Waals surface area (Å²) in [6.45, 7) is 5.86. The minimum atomic E-state index is -4.53. The molecule has 0 saturated heterocycles. The SMILES string of the molecule is CC(C)Cc1ccc(C(C)c2nc3cc(OCc4ccccc4C(F)(F)F)ccc3n2Cc2ccccc2C(F)(F)F)cc1. The summed E-state index contributed by atoms with van der Waals surface area (Å²) in [6.07, 6.45) is -8.12. The number of imidazole rings is 1. The number of rotatable bonds is 9. The van der Waals surface area contributed by atoms with E-state index in [1.54, 1.807) is 28.8 Å². The first-order valence-electron chi connectivity index (χ1n) is 14.3. The van der Waals surface area contributed by atoms with Gasteiger partial charge in [-0.1, -0.05) is 81.4 Å². The number of fused-ring (bicyclic) bond motifs is 1. The molecule has 1 atom stereocenters. The van der Waals surface area contributed by atoms with E-state index < -0.39 is 23.5 Å². The van der Waals surface area contributed by atoms with Crippen molar-refractivity contribution >= 4 is 11.0 Å². The molecule has 5 aromatic rings. The van der Waals surface area contributed by atoms with Crippen LogP contribution in [0.4, 0.5) is 26.3 Å². The standard InChI is InChI=1S/C35H32F6N2O/c1-22(2)18-24-12-14-25(15-13-24)23(3)33-42-31-19-28(44-21-27-9-5-7-11-30(27)35(39,40)41)16-17-32(31)43(33)20-26-8-4-6-10-29(26)34(36,37)38/h4-17,19,22-23H,18,20-21H2,1-3H3. The zero-order valence-electron chi connectivity index (χ0n) is 24.5. The van der Waals surface area contributed by atoms with Crippen LogP contribution in [-0.4, -0.2) is 9.55 Å². The number of nitrogens with zero attached hydrogens (tertiary/aromatic N) is 2. The van der Waals surface area contributed by atoms with Crippen molar-refractivity contribution in [2.75, 3.05) is 0 Å². The summed E-state index contributed by atoms with van der Waals surface area (Å²) in [5.74, 6) is 1.09. The van der Waals surface area contributed by atoms with E-state index in [4.69, 9.17) is 9.72 Å². The summed E-state index contributed by atoms with van der Waals surface area (Å²) in [5.41, 5.74) is 1.80. The van der Waals surface area contributed by atoms with Gasteiger partial charge in [-0.25, -0.2) is 4.98 Å². The third-order valence-electron chi connectivity index (χ3n) is 7.63. The second-order valence-corrected chi connectivity index (χ2v) is 11.4. The Morgan fingerprint density at radius 1 is 0.727 bits per heavy atom. The summed E-state index contributed by atoms with van der Waals surface area (Å²) in [5, 5.41) is 0. The fourth-order valence-electron chi connectivity index (χ4n) is 5.47. The van der Waals surface area contributed by atoms with Crippen molar-refractivity contribution in [2.24, 2.45) is 5.92 Å². The normalized spacial score (nSPS) is 13.0. The van der Waals surface area contributed by atoms with Gasteiger partial charge in [-0.3, -0.25) is 0 Å². The third-order valence-corrected chi connectivity index (χ3v) is 7.63. The van der Waals surface area contributed by atoms with Crippen LogP contribution in [0.5, 0.6) is 5.75 Å². The van der Waals surface area contributed by atoms with Gasteiger partial charge in [-0.15, -0.1) is 0 Å². The number of hydrogen-bond donors (Lipinski definition) is 0. The zero-order chi connectivity index (χ0) is 31.6. The molecule has 0 bridgehead atoms. The van der Waals surface area contributed by atoms with E-state index in [-0.39, 0.29) is 30.2 Å². The largest absolute Gasteiger partial charge is 0.489 e. The molecular weight excluding hydrogens is 578 g/mol. The van der Waals surface area contributed by atoms with E-state index in [0.717, 1.165) is 24.1 Å². The minimum absolute atomic E-state index is 0.00962. The topological polar surface area (TPSA) is 27.1 Å². The van der Waals surface area contributed by atoms with Crippen LogP contribution in [0.15, 0.2) is 91.0 Å². The van der Waals surface area contributed by atoms with Crippen molar-refractivity contribution in [1.82, 2.24) is 9.55 Å². The molecule has 1 unspecified atom stereocenters. The van der Waals surface area contributed by atoms with Gasteiger partial charge >= 0.3 is 12.4 Å². The fraction of sp³-hybridized carbons (Fsp3) is 0.286. The molecule has 0 radical (unpaired) electrons. The zero-order valence-corrected chi connectivity index (χ0v) is 24.5. The molecule has 9 heteroatoms. The molecule has 5 rings (SSSR count). The monoisotopic (exact) mass is 610 g/mol. The molecule has 0 aliphatic carbocycles. The van der Waals surface area contributed by atoms with Crippen molar-refractivity contribution in [3.05, 3.63) is 130 Å². The first-order valence-corrected chi connectivity index (χ1v) is 14.3. The van der Waals surface area contributed by atoms with E-state index in [1.807, 2.05) is 19.1 Å². The molecule has 44 heavy (non-hydrogen) atoms. The van der Waals surface area contributed by atoms with Crippen molar-refractivity contribution in [3.8, 4) is 5.75 Å². The van der Waals surface area contributed by atoms with E-state index >= 15 is 0 Å². The average molecular weight is 611 g/mol. The molecular formula is C35H32F6N2O. The van der Waals surface area contributed by atoms with Crippen LogP contribution < -0.4 is 4.74 Å². The number of benzene rings is 4. The lowest BCUT2D eigenvalue weighted by Gasteiger charge is -2.18. The highest BCUT2D eigenvalue weighted by molar-refractivity contribution is 5.78. The number of halogens is 6. The van der Waals surface area contributed by atoms with Crippen LogP contribution in [0.25, 0.3) is 11.0 Å². The third kappa shape index (κ3) is 6.93. The molecule has 0 spiro atoms.